The first-order valence-corrected chi connectivity index (χ1v) is 9.77. The van der Waals surface area contributed by atoms with Crippen molar-refractivity contribution in [2.24, 2.45) is 0 Å². The molecule has 0 unspecified atom stereocenters. The van der Waals surface area contributed by atoms with Crippen molar-refractivity contribution >= 4 is 23.6 Å². The lowest BCUT2D eigenvalue weighted by Crippen LogP contribution is -2.31. The third-order valence-corrected chi connectivity index (χ3v) is 5.15. The van der Waals surface area contributed by atoms with Crippen LogP contribution in [0.3, 0.4) is 0 Å². The second-order valence-electron chi connectivity index (χ2n) is 6.49. The molecule has 1 heterocycles. The highest BCUT2D eigenvalue weighted by Crippen LogP contribution is 2.36. The lowest BCUT2D eigenvalue weighted by molar-refractivity contribution is -0.140. The Morgan fingerprint density at radius 3 is 2.65 bits per heavy atom. The monoisotopic (exact) mass is 372 g/mol. The van der Waals surface area contributed by atoms with Crippen molar-refractivity contribution in [3.63, 3.8) is 0 Å². The molecule has 138 valence electrons. The summed E-state index contributed by atoms with van der Waals surface area (Å²) in [5, 5.41) is 12.8. The van der Waals surface area contributed by atoms with Gasteiger partial charge < -0.3 is 10.1 Å². The van der Waals surface area contributed by atoms with Gasteiger partial charge in [-0.05, 0) is 23.5 Å². The molecule has 2 rings (SSSR count). The maximum absolute atomic E-state index is 12.1. The number of hydrogen-bond donors (Lipinski definition) is 1. The van der Waals surface area contributed by atoms with E-state index in [0.29, 0.717) is 23.1 Å². The van der Waals surface area contributed by atoms with E-state index in [1.165, 1.54) is 5.56 Å². The molecule has 1 aromatic carbocycles. The molecule has 1 aliphatic heterocycles. The van der Waals surface area contributed by atoms with Crippen LogP contribution in [0.25, 0.3) is 0 Å². The zero-order chi connectivity index (χ0) is 19.1. The summed E-state index contributed by atoms with van der Waals surface area (Å²) in [6.45, 7) is 6.54. The molecule has 5 nitrogen and oxygen atoms in total. The number of thioether (sulfide) groups is 1. The first kappa shape index (κ1) is 20.1. The number of amides is 1. The van der Waals surface area contributed by atoms with Crippen LogP contribution in [0.2, 0.25) is 0 Å². The van der Waals surface area contributed by atoms with Gasteiger partial charge in [0.2, 0.25) is 5.91 Å². The van der Waals surface area contributed by atoms with Crippen molar-refractivity contribution < 1.29 is 14.3 Å². The minimum atomic E-state index is -0.348. The number of hydrogen-bond acceptors (Lipinski definition) is 5. The molecule has 1 N–H and O–H groups in total. The average molecular weight is 372 g/mol. The highest BCUT2D eigenvalue weighted by Gasteiger charge is 2.30. The summed E-state index contributed by atoms with van der Waals surface area (Å²) in [5.74, 6) is -0.292. The van der Waals surface area contributed by atoms with Crippen LogP contribution in [-0.4, -0.2) is 24.2 Å². The third-order valence-electron chi connectivity index (χ3n) is 4.16. The fourth-order valence-corrected chi connectivity index (χ4v) is 3.59. The Morgan fingerprint density at radius 1 is 1.38 bits per heavy atom. The van der Waals surface area contributed by atoms with E-state index in [-0.39, 0.29) is 30.0 Å². The van der Waals surface area contributed by atoms with Crippen LogP contribution in [0.15, 0.2) is 34.9 Å². The molecule has 26 heavy (non-hydrogen) atoms. The Morgan fingerprint density at radius 2 is 2.08 bits per heavy atom. The van der Waals surface area contributed by atoms with Gasteiger partial charge in [-0.3, -0.25) is 9.59 Å². The van der Waals surface area contributed by atoms with E-state index in [1.54, 1.807) is 0 Å². The van der Waals surface area contributed by atoms with Crippen molar-refractivity contribution in [3.8, 4) is 6.07 Å². The van der Waals surface area contributed by atoms with Crippen molar-refractivity contribution in [1.29, 1.82) is 5.26 Å². The summed E-state index contributed by atoms with van der Waals surface area (Å²) in [7, 11) is 0. The highest BCUT2D eigenvalue weighted by molar-refractivity contribution is 8.03. The molecule has 1 aliphatic rings. The van der Waals surface area contributed by atoms with Gasteiger partial charge in [-0.1, -0.05) is 56.8 Å². The Balaban J connectivity index is 2.21. The molecule has 0 radical (unpaired) electrons. The molecular formula is C20H24N2O3S. The molecule has 0 fully saturated rings. The molecule has 1 aromatic rings. The molecule has 6 heteroatoms. The summed E-state index contributed by atoms with van der Waals surface area (Å²) in [4.78, 5) is 23.8. The highest BCUT2D eigenvalue weighted by atomic mass is 32.2. The van der Waals surface area contributed by atoms with Crippen LogP contribution >= 0.6 is 11.8 Å². The van der Waals surface area contributed by atoms with Crippen LogP contribution in [0, 0.1) is 11.3 Å². The number of rotatable bonds is 7. The van der Waals surface area contributed by atoms with Gasteiger partial charge in [-0.15, -0.1) is 0 Å². The van der Waals surface area contributed by atoms with Gasteiger partial charge in [0, 0.05) is 12.3 Å². The van der Waals surface area contributed by atoms with Gasteiger partial charge >= 0.3 is 5.97 Å². The molecule has 0 aliphatic carbocycles. The summed E-state index contributed by atoms with van der Waals surface area (Å²) in [6.07, 6.45) is 0.988. The van der Waals surface area contributed by atoms with Crippen LogP contribution in [0.1, 0.15) is 56.6 Å². The molecule has 1 atom stereocenters. The Bertz CT molecular complexity index is 732. The number of carbonyl (C=O) groups excluding carboxylic acids is 2. The molecule has 0 bridgehead atoms. The molecule has 1 amide bonds. The SMILES string of the molecule is CCCOC(=O)CSC1=C(C#N)[C@@H](c2ccc(C(C)C)cc2)CC(=O)N1. The van der Waals surface area contributed by atoms with Gasteiger partial charge in [0.15, 0.2) is 0 Å². The topological polar surface area (TPSA) is 79.2 Å². The Kier molecular flexibility index (Phi) is 7.28. The number of allylic oxidation sites excluding steroid dienone is 1. The van der Waals surface area contributed by atoms with Crippen LogP contribution < -0.4 is 5.32 Å². The quantitative estimate of drug-likeness (QED) is 0.736. The summed E-state index contributed by atoms with van der Waals surface area (Å²) in [5.41, 5.74) is 2.65. The van der Waals surface area contributed by atoms with Gasteiger partial charge in [0.1, 0.15) is 0 Å². The van der Waals surface area contributed by atoms with E-state index in [4.69, 9.17) is 4.74 Å². The summed E-state index contributed by atoms with van der Waals surface area (Å²) in [6, 6.07) is 10.3. The second-order valence-corrected chi connectivity index (χ2v) is 7.48. The van der Waals surface area contributed by atoms with Gasteiger partial charge in [-0.25, -0.2) is 0 Å². The van der Waals surface area contributed by atoms with E-state index in [0.717, 1.165) is 23.7 Å². The van der Waals surface area contributed by atoms with Crippen LogP contribution in [0.4, 0.5) is 0 Å². The maximum atomic E-state index is 12.1. The summed E-state index contributed by atoms with van der Waals surface area (Å²) < 4.78 is 5.05. The number of carbonyl (C=O) groups is 2. The van der Waals surface area contributed by atoms with Gasteiger partial charge in [0.05, 0.1) is 29.0 Å². The number of ether oxygens (including phenoxy) is 1. The molecular weight excluding hydrogens is 348 g/mol. The van der Waals surface area contributed by atoms with E-state index in [1.807, 2.05) is 31.2 Å². The largest absolute Gasteiger partial charge is 0.465 e. The lowest BCUT2D eigenvalue weighted by atomic mass is 9.86. The molecule has 0 saturated carbocycles. The van der Waals surface area contributed by atoms with Gasteiger partial charge in [-0.2, -0.15) is 5.26 Å². The van der Waals surface area contributed by atoms with Crippen LogP contribution in [-0.2, 0) is 14.3 Å². The number of nitrogens with zero attached hydrogens (tertiary/aromatic N) is 1. The first-order valence-electron chi connectivity index (χ1n) is 8.78. The minimum absolute atomic E-state index is 0.0692. The van der Waals surface area contributed by atoms with Crippen LogP contribution in [0.5, 0.6) is 0 Å². The lowest BCUT2D eigenvalue weighted by Gasteiger charge is -2.25. The third kappa shape index (κ3) is 5.12. The number of esters is 1. The van der Waals surface area contributed by atoms with E-state index < -0.39 is 0 Å². The number of nitrogens with one attached hydrogen (secondary N) is 1. The smallest absolute Gasteiger partial charge is 0.316 e. The fourth-order valence-electron chi connectivity index (χ4n) is 2.72. The van der Waals surface area contributed by atoms with E-state index >= 15 is 0 Å². The second kappa shape index (κ2) is 9.44. The van der Waals surface area contributed by atoms with Crippen molar-refractivity contribution in [2.45, 2.75) is 45.4 Å². The standard InChI is InChI=1S/C20H24N2O3S/c1-4-9-25-19(24)12-26-20-17(11-21)16(10-18(23)22-20)15-7-5-14(6-8-15)13(2)3/h5-8,13,16H,4,9-10,12H2,1-3H3,(H,22,23)/t16-/m1/s1. The van der Waals surface area contributed by atoms with Gasteiger partial charge in [0.25, 0.3) is 0 Å². The molecule has 0 aromatic heterocycles. The Hall–Kier alpha value is -2.26. The van der Waals surface area contributed by atoms with E-state index in [9.17, 15) is 14.9 Å². The first-order chi connectivity index (χ1) is 12.5. The normalized spacial score (nSPS) is 17.0. The predicted molar refractivity (Wildman–Crippen MR) is 102 cm³/mol. The summed E-state index contributed by atoms with van der Waals surface area (Å²) >= 11 is 1.15. The maximum Gasteiger partial charge on any atom is 0.316 e. The average Bonchev–Trinajstić information content (AvgIpc) is 2.64. The predicted octanol–water partition coefficient (Wildman–Crippen LogP) is 3.84. The number of benzene rings is 1. The van der Waals surface area contributed by atoms with Crippen molar-refractivity contribution in [1.82, 2.24) is 5.32 Å². The zero-order valence-electron chi connectivity index (χ0n) is 15.4. The minimum Gasteiger partial charge on any atom is -0.465 e. The van der Waals surface area contributed by atoms with Crippen molar-refractivity contribution in [3.05, 3.63) is 46.0 Å². The Labute approximate surface area is 158 Å². The number of nitriles is 1. The molecule has 0 spiro atoms. The fraction of sp³-hybridized carbons (Fsp3) is 0.450. The zero-order valence-corrected chi connectivity index (χ0v) is 16.2. The van der Waals surface area contributed by atoms with E-state index in [2.05, 4.69) is 25.2 Å². The molecule has 0 saturated heterocycles. The van der Waals surface area contributed by atoms with Crippen molar-refractivity contribution in [2.75, 3.05) is 12.4 Å².